The van der Waals surface area contributed by atoms with Gasteiger partial charge in [0, 0.05) is 17.3 Å². The van der Waals surface area contributed by atoms with Gasteiger partial charge < -0.3 is 16.0 Å². The average Bonchev–Trinajstić information content (AvgIpc) is 3.23. The van der Waals surface area contributed by atoms with E-state index in [0.29, 0.717) is 17.8 Å². The Morgan fingerprint density at radius 1 is 1.19 bits per heavy atom. The summed E-state index contributed by atoms with van der Waals surface area (Å²) in [6, 6.07) is 7.02. The normalized spacial score (nSPS) is 14.0. The maximum absolute atomic E-state index is 11.8. The Labute approximate surface area is 125 Å². The van der Waals surface area contributed by atoms with Crippen LogP contribution in [0.1, 0.15) is 37.0 Å². The first kappa shape index (κ1) is 15.5. The molecule has 0 aliphatic heterocycles. The summed E-state index contributed by atoms with van der Waals surface area (Å²) in [5.41, 5.74) is 1.29. The van der Waals surface area contributed by atoms with Crippen molar-refractivity contribution in [3.05, 3.63) is 29.8 Å². The first-order valence-electron chi connectivity index (χ1n) is 7.46. The zero-order valence-electron chi connectivity index (χ0n) is 12.6. The molecule has 0 spiro atoms. The van der Waals surface area contributed by atoms with E-state index in [2.05, 4.69) is 16.0 Å². The van der Waals surface area contributed by atoms with Crippen LogP contribution in [0.25, 0.3) is 0 Å². The minimum absolute atomic E-state index is 0.0602. The van der Waals surface area contributed by atoms with Crippen LogP contribution in [0.5, 0.6) is 0 Å². The highest BCUT2D eigenvalue weighted by molar-refractivity contribution is 5.96. The summed E-state index contributed by atoms with van der Waals surface area (Å²) in [4.78, 5) is 23.5. The predicted molar refractivity (Wildman–Crippen MR) is 83.3 cm³/mol. The van der Waals surface area contributed by atoms with E-state index in [1.807, 2.05) is 13.8 Å². The number of nitrogens with one attached hydrogen (secondary N) is 3. The second-order valence-corrected chi connectivity index (χ2v) is 5.83. The standard InChI is InChI=1S/C16H23N3O2/c1-11(2)18-16(21)13-5-7-14(8-6-13)19-15(20)10-17-9-12-3-4-12/h5-8,11-12,17H,3-4,9-10H2,1-2H3,(H,18,21)(H,19,20). The van der Waals surface area contributed by atoms with Gasteiger partial charge in [-0.2, -0.15) is 0 Å². The van der Waals surface area contributed by atoms with E-state index in [0.717, 1.165) is 12.5 Å². The number of carbonyl (C=O) groups excluding carboxylic acids is 2. The highest BCUT2D eigenvalue weighted by Crippen LogP contribution is 2.27. The number of benzene rings is 1. The molecule has 5 heteroatoms. The topological polar surface area (TPSA) is 70.2 Å². The Hall–Kier alpha value is -1.88. The van der Waals surface area contributed by atoms with Gasteiger partial charge in [0.05, 0.1) is 6.54 Å². The molecule has 1 aliphatic rings. The third-order valence-corrected chi connectivity index (χ3v) is 3.27. The summed E-state index contributed by atoms with van der Waals surface area (Å²) in [6.07, 6.45) is 2.54. The number of carbonyl (C=O) groups is 2. The quantitative estimate of drug-likeness (QED) is 0.716. The molecule has 0 aromatic heterocycles. The van der Waals surface area contributed by atoms with Gasteiger partial charge in [0.15, 0.2) is 0 Å². The van der Waals surface area contributed by atoms with Gasteiger partial charge >= 0.3 is 0 Å². The molecule has 2 amide bonds. The van der Waals surface area contributed by atoms with E-state index in [-0.39, 0.29) is 17.9 Å². The molecular weight excluding hydrogens is 266 g/mol. The zero-order valence-corrected chi connectivity index (χ0v) is 12.6. The van der Waals surface area contributed by atoms with Crippen LogP contribution in [0.2, 0.25) is 0 Å². The molecule has 0 heterocycles. The van der Waals surface area contributed by atoms with E-state index < -0.39 is 0 Å². The summed E-state index contributed by atoms with van der Waals surface area (Å²) in [5.74, 6) is 0.598. The van der Waals surface area contributed by atoms with Gasteiger partial charge in [0.2, 0.25) is 5.91 Å². The Morgan fingerprint density at radius 2 is 1.86 bits per heavy atom. The molecule has 5 nitrogen and oxygen atoms in total. The lowest BCUT2D eigenvalue weighted by Gasteiger charge is -2.09. The Balaban J connectivity index is 1.77. The molecular formula is C16H23N3O2. The SMILES string of the molecule is CC(C)NC(=O)c1ccc(NC(=O)CNCC2CC2)cc1. The molecule has 2 rings (SSSR count). The Kier molecular flexibility index (Phi) is 5.33. The van der Waals surface area contributed by atoms with Crippen molar-refractivity contribution in [2.75, 3.05) is 18.4 Å². The van der Waals surface area contributed by atoms with Gasteiger partial charge in [-0.1, -0.05) is 0 Å². The second kappa shape index (κ2) is 7.22. The monoisotopic (exact) mass is 289 g/mol. The van der Waals surface area contributed by atoms with Crippen LogP contribution >= 0.6 is 0 Å². The minimum Gasteiger partial charge on any atom is -0.350 e. The summed E-state index contributed by atoms with van der Waals surface area (Å²) in [7, 11) is 0. The summed E-state index contributed by atoms with van der Waals surface area (Å²) in [5, 5.41) is 8.78. The fourth-order valence-electron chi connectivity index (χ4n) is 1.97. The first-order chi connectivity index (χ1) is 10.0. The molecule has 1 fully saturated rings. The lowest BCUT2D eigenvalue weighted by molar-refractivity contribution is -0.115. The molecule has 0 radical (unpaired) electrons. The van der Waals surface area contributed by atoms with Crippen LogP contribution in [0, 0.1) is 5.92 Å². The van der Waals surface area contributed by atoms with Gasteiger partial charge in [-0.3, -0.25) is 9.59 Å². The van der Waals surface area contributed by atoms with Crippen LogP contribution in [0.4, 0.5) is 5.69 Å². The highest BCUT2D eigenvalue weighted by Gasteiger charge is 2.20. The average molecular weight is 289 g/mol. The zero-order chi connectivity index (χ0) is 15.2. The Morgan fingerprint density at radius 3 is 2.43 bits per heavy atom. The van der Waals surface area contributed by atoms with E-state index in [9.17, 15) is 9.59 Å². The lowest BCUT2D eigenvalue weighted by atomic mass is 10.2. The van der Waals surface area contributed by atoms with Crippen LogP contribution in [0.3, 0.4) is 0 Å². The molecule has 0 atom stereocenters. The van der Waals surface area contributed by atoms with Crippen molar-refractivity contribution in [2.45, 2.75) is 32.7 Å². The molecule has 1 aromatic carbocycles. The molecule has 1 saturated carbocycles. The van der Waals surface area contributed by atoms with Crippen molar-refractivity contribution in [3.63, 3.8) is 0 Å². The number of anilines is 1. The fourth-order valence-corrected chi connectivity index (χ4v) is 1.97. The van der Waals surface area contributed by atoms with Gasteiger partial charge in [-0.15, -0.1) is 0 Å². The summed E-state index contributed by atoms with van der Waals surface area (Å²) >= 11 is 0. The molecule has 0 saturated heterocycles. The number of rotatable bonds is 7. The van der Waals surface area contributed by atoms with Crippen molar-refractivity contribution in [3.8, 4) is 0 Å². The van der Waals surface area contributed by atoms with Gasteiger partial charge in [0.25, 0.3) is 5.91 Å². The van der Waals surface area contributed by atoms with Gasteiger partial charge in [0.1, 0.15) is 0 Å². The van der Waals surface area contributed by atoms with Crippen LogP contribution in [-0.4, -0.2) is 30.9 Å². The second-order valence-electron chi connectivity index (χ2n) is 5.83. The van der Waals surface area contributed by atoms with Crippen molar-refractivity contribution in [2.24, 2.45) is 5.92 Å². The molecule has 1 aliphatic carbocycles. The third kappa shape index (κ3) is 5.55. The Bertz CT molecular complexity index is 493. The van der Waals surface area contributed by atoms with E-state index in [4.69, 9.17) is 0 Å². The van der Waals surface area contributed by atoms with Crippen molar-refractivity contribution < 1.29 is 9.59 Å². The summed E-state index contributed by atoms with van der Waals surface area (Å²) in [6.45, 7) is 5.08. The third-order valence-electron chi connectivity index (χ3n) is 3.27. The number of hydrogen-bond acceptors (Lipinski definition) is 3. The van der Waals surface area contributed by atoms with E-state index in [1.54, 1.807) is 24.3 Å². The van der Waals surface area contributed by atoms with Crippen LogP contribution < -0.4 is 16.0 Å². The lowest BCUT2D eigenvalue weighted by Crippen LogP contribution is -2.30. The van der Waals surface area contributed by atoms with E-state index in [1.165, 1.54) is 12.8 Å². The first-order valence-corrected chi connectivity index (χ1v) is 7.46. The largest absolute Gasteiger partial charge is 0.350 e. The van der Waals surface area contributed by atoms with Crippen molar-refractivity contribution in [1.29, 1.82) is 0 Å². The highest BCUT2D eigenvalue weighted by atomic mass is 16.2. The minimum atomic E-state index is -0.103. The fraction of sp³-hybridized carbons (Fsp3) is 0.500. The smallest absolute Gasteiger partial charge is 0.251 e. The molecule has 0 unspecified atom stereocenters. The van der Waals surface area contributed by atoms with Crippen LogP contribution in [0.15, 0.2) is 24.3 Å². The molecule has 0 bridgehead atoms. The number of amides is 2. The maximum atomic E-state index is 11.8. The predicted octanol–water partition coefficient (Wildman–Crippen LogP) is 1.76. The van der Waals surface area contributed by atoms with Crippen molar-refractivity contribution in [1.82, 2.24) is 10.6 Å². The van der Waals surface area contributed by atoms with Gasteiger partial charge in [-0.05, 0) is 63.4 Å². The van der Waals surface area contributed by atoms with Gasteiger partial charge in [-0.25, -0.2) is 0 Å². The maximum Gasteiger partial charge on any atom is 0.251 e. The molecule has 21 heavy (non-hydrogen) atoms. The molecule has 1 aromatic rings. The number of hydrogen-bond donors (Lipinski definition) is 3. The molecule has 3 N–H and O–H groups in total. The molecule has 114 valence electrons. The van der Waals surface area contributed by atoms with E-state index >= 15 is 0 Å². The summed E-state index contributed by atoms with van der Waals surface area (Å²) < 4.78 is 0. The van der Waals surface area contributed by atoms with Crippen LogP contribution in [-0.2, 0) is 4.79 Å². The van der Waals surface area contributed by atoms with Crippen molar-refractivity contribution >= 4 is 17.5 Å².